The maximum absolute atomic E-state index is 12.5. The molecule has 1 aromatic carbocycles. The highest BCUT2D eigenvalue weighted by Crippen LogP contribution is 2.18. The van der Waals surface area contributed by atoms with Gasteiger partial charge in [-0.15, -0.1) is 11.3 Å². The van der Waals surface area contributed by atoms with E-state index in [1.54, 1.807) is 23.6 Å². The summed E-state index contributed by atoms with van der Waals surface area (Å²) < 4.78 is 32.9. The number of rotatable bonds is 8. The normalized spacial score (nSPS) is 14.3. The van der Waals surface area contributed by atoms with Crippen molar-refractivity contribution in [2.24, 2.45) is 0 Å². The molecule has 0 radical (unpaired) electrons. The van der Waals surface area contributed by atoms with E-state index < -0.39 is 10.0 Å². The van der Waals surface area contributed by atoms with Crippen LogP contribution in [0.1, 0.15) is 15.2 Å². The Labute approximate surface area is 191 Å². The Bertz CT molecular complexity index is 1130. The van der Waals surface area contributed by atoms with E-state index >= 15 is 0 Å². The fourth-order valence-corrected chi connectivity index (χ4v) is 5.03. The third-order valence-corrected chi connectivity index (χ3v) is 7.45. The Morgan fingerprint density at radius 1 is 1.09 bits per heavy atom. The van der Waals surface area contributed by atoms with Crippen LogP contribution in [0.15, 0.2) is 65.0 Å². The first-order valence-electron chi connectivity index (χ1n) is 10.2. The fraction of sp³-hybridized carbons (Fsp3) is 0.273. The van der Waals surface area contributed by atoms with Gasteiger partial charge in [0, 0.05) is 30.1 Å². The monoisotopic (exact) mass is 472 g/mol. The number of pyridine rings is 1. The van der Waals surface area contributed by atoms with Gasteiger partial charge in [-0.3, -0.25) is 4.79 Å². The Hall–Kier alpha value is -2.79. The molecule has 2 N–H and O–H groups in total. The fourth-order valence-electron chi connectivity index (χ4n) is 3.29. The summed E-state index contributed by atoms with van der Waals surface area (Å²) in [6, 6.07) is 13.4. The molecule has 1 fully saturated rings. The molecule has 1 aliphatic heterocycles. The van der Waals surface area contributed by atoms with Gasteiger partial charge in [0.05, 0.1) is 30.0 Å². The minimum absolute atomic E-state index is 0.119. The summed E-state index contributed by atoms with van der Waals surface area (Å²) in [6.07, 6.45) is 2.35. The number of ether oxygens (including phenoxy) is 1. The molecular formula is C22H24N4O4S2. The molecule has 0 spiro atoms. The van der Waals surface area contributed by atoms with Crippen molar-refractivity contribution in [2.75, 3.05) is 43.1 Å². The van der Waals surface area contributed by atoms with Crippen molar-refractivity contribution in [1.29, 1.82) is 0 Å². The number of amides is 1. The molecule has 10 heteroatoms. The summed E-state index contributed by atoms with van der Waals surface area (Å²) in [6.45, 7) is 3.32. The van der Waals surface area contributed by atoms with Gasteiger partial charge in [0.1, 0.15) is 5.82 Å². The van der Waals surface area contributed by atoms with Crippen LogP contribution in [0.25, 0.3) is 0 Å². The molecule has 0 saturated carbocycles. The van der Waals surface area contributed by atoms with Gasteiger partial charge >= 0.3 is 0 Å². The lowest BCUT2D eigenvalue weighted by Gasteiger charge is -2.28. The third-order valence-electron chi connectivity index (χ3n) is 5.04. The number of carbonyl (C=O) groups excluding carboxylic acids is 1. The number of thiophene rings is 1. The predicted octanol–water partition coefficient (Wildman–Crippen LogP) is 2.75. The summed E-state index contributed by atoms with van der Waals surface area (Å²) >= 11 is 1.59. The predicted molar refractivity (Wildman–Crippen MR) is 125 cm³/mol. The molecule has 3 aromatic rings. The van der Waals surface area contributed by atoms with Gasteiger partial charge in [-0.05, 0) is 54.3 Å². The van der Waals surface area contributed by atoms with Crippen LogP contribution in [0.5, 0.6) is 0 Å². The minimum Gasteiger partial charge on any atom is -0.378 e. The van der Waals surface area contributed by atoms with E-state index in [0.717, 1.165) is 23.7 Å². The van der Waals surface area contributed by atoms with E-state index in [1.807, 2.05) is 23.6 Å². The molecule has 0 bridgehead atoms. The maximum Gasteiger partial charge on any atom is 0.256 e. The number of morpholine rings is 1. The van der Waals surface area contributed by atoms with Crippen LogP contribution in [-0.4, -0.2) is 52.2 Å². The molecule has 4 rings (SSSR count). The number of aromatic nitrogens is 1. The SMILES string of the molecule is O=C(Nc1ccc(N2CCOCC2)cn1)c1ccc(S(=O)(=O)NCCc2cccs2)cc1. The number of sulfonamides is 1. The van der Waals surface area contributed by atoms with Crippen LogP contribution in [-0.2, 0) is 21.2 Å². The van der Waals surface area contributed by atoms with Gasteiger partial charge in [-0.2, -0.15) is 0 Å². The van der Waals surface area contributed by atoms with Gasteiger partial charge in [0.25, 0.3) is 5.91 Å². The molecule has 3 heterocycles. The van der Waals surface area contributed by atoms with Crippen molar-refractivity contribution in [1.82, 2.24) is 9.71 Å². The Morgan fingerprint density at radius 3 is 2.53 bits per heavy atom. The highest BCUT2D eigenvalue weighted by Gasteiger charge is 2.16. The molecular weight excluding hydrogens is 448 g/mol. The van der Waals surface area contributed by atoms with Crippen molar-refractivity contribution >= 4 is 38.8 Å². The molecule has 168 valence electrons. The van der Waals surface area contributed by atoms with E-state index in [-0.39, 0.29) is 10.8 Å². The summed E-state index contributed by atoms with van der Waals surface area (Å²) in [5.41, 5.74) is 1.33. The van der Waals surface area contributed by atoms with Crippen LogP contribution >= 0.6 is 11.3 Å². The van der Waals surface area contributed by atoms with Crippen LogP contribution in [0.4, 0.5) is 11.5 Å². The van der Waals surface area contributed by atoms with Gasteiger partial charge in [-0.25, -0.2) is 18.1 Å². The van der Waals surface area contributed by atoms with Gasteiger partial charge in [0.15, 0.2) is 0 Å². The highest BCUT2D eigenvalue weighted by molar-refractivity contribution is 7.89. The van der Waals surface area contributed by atoms with Crippen molar-refractivity contribution < 1.29 is 17.9 Å². The topological polar surface area (TPSA) is 101 Å². The quantitative estimate of drug-likeness (QED) is 0.523. The molecule has 2 aromatic heterocycles. The first kappa shape index (κ1) is 22.4. The van der Waals surface area contributed by atoms with E-state index in [0.29, 0.717) is 37.6 Å². The largest absolute Gasteiger partial charge is 0.378 e. The number of hydrogen-bond donors (Lipinski definition) is 2. The highest BCUT2D eigenvalue weighted by atomic mass is 32.2. The van der Waals surface area contributed by atoms with Crippen LogP contribution < -0.4 is 14.9 Å². The standard InChI is InChI=1S/C22H24N4O4S2/c27-22(25-21-8-5-18(16-23-21)26-11-13-30-14-12-26)17-3-6-20(7-4-17)32(28,29)24-10-9-19-2-1-15-31-19/h1-8,15-16,24H,9-14H2,(H,23,25,27). The molecule has 1 aliphatic rings. The summed E-state index contributed by atoms with van der Waals surface area (Å²) in [5, 5.41) is 4.70. The van der Waals surface area contributed by atoms with Gasteiger partial charge in [-0.1, -0.05) is 6.07 Å². The second-order valence-corrected chi connectivity index (χ2v) is 10.0. The smallest absolute Gasteiger partial charge is 0.256 e. The van der Waals surface area contributed by atoms with Crippen molar-refractivity contribution in [3.8, 4) is 0 Å². The first-order chi connectivity index (χ1) is 15.5. The lowest BCUT2D eigenvalue weighted by atomic mass is 10.2. The second kappa shape index (κ2) is 10.2. The number of benzene rings is 1. The molecule has 1 saturated heterocycles. The Balaban J connectivity index is 1.33. The molecule has 8 nitrogen and oxygen atoms in total. The summed E-state index contributed by atoms with van der Waals surface area (Å²) in [7, 11) is -3.63. The average molecular weight is 473 g/mol. The molecule has 0 unspecified atom stereocenters. The first-order valence-corrected chi connectivity index (χ1v) is 12.6. The van der Waals surface area contributed by atoms with Gasteiger partial charge < -0.3 is 15.0 Å². The van der Waals surface area contributed by atoms with Crippen molar-refractivity contribution in [2.45, 2.75) is 11.3 Å². The summed E-state index contributed by atoms with van der Waals surface area (Å²) in [4.78, 5) is 20.2. The minimum atomic E-state index is -3.63. The van der Waals surface area contributed by atoms with E-state index in [2.05, 4.69) is 19.9 Å². The average Bonchev–Trinajstić information content (AvgIpc) is 3.34. The van der Waals surface area contributed by atoms with E-state index in [1.165, 1.54) is 24.3 Å². The van der Waals surface area contributed by atoms with Crippen molar-refractivity contribution in [3.63, 3.8) is 0 Å². The third kappa shape index (κ3) is 5.71. The van der Waals surface area contributed by atoms with Gasteiger partial charge in [0.2, 0.25) is 10.0 Å². The molecule has 0 aliphatic carbocycles. The Kier molecular flexibility index (Phi) is 7.15. The number of carbonyl (C=O) groups is 1. The van der Waals surface area contributed by atoms with E-state index in [9.17, 15) is 13.2 Å². The zero-order valence-corrected chi connectivity index (χ0v) is 19.0. The zero-order valence-electron chi connectivity index (χ0n) is 17.4. The molecule has 1 amide bonds. The number of nitrogens with zero attached hydrogens (tertiary/aromatic N) is 2. The maximum atomic E-state index is 12.5. The van der Waals surface area contributed by atoms with E-state index in [4.69, 9.17) is 4.74 Å². The Morgan fingerprint density at radius 2 is 1.88 bits per heavy atom. The lowest BCUT2D eigenvalue weighted by Crippen LogP contribution is -2.36. The second-order valence-electron chi connectivity index (χ2n) is 7.21. The lowest BCUT2D eigenvalue weighted by molar-refractivity contribution is 0.102. The molecule has 32 heavy (non-hydrogen) atoms. The number of hydrogen-bond acceptors (Lipinski definition) is 7. The van der Waals surface area contributed by atoms with Crippen LogP contribution in [0.3, 0.4) is 0 Å². The van der Waals surface area contributed by atoms with Crippen molar-refractivity contribution in [3.05, 3.63) is 70.5 Å². The van der Waals surface area contributed by atoms with Crippen LogP contribution in [0.2, 0.25) is 0 Å². The number of anilines is 2. The summed E-state index contributed by atoms with van der Waals surface area (Å²) in [5.74, 6) is 0.0742. The van der Waals surface area contributed by atoms with Crippen LogP contribution in [0, 0.1) is 0 Å². The zero-order chi connectivity index (χ0) is 22.4. The molecule has 0 atom stereocenters. The number of nitrogens with one attached hydrogen (secondary N) is 2.